The van der Waals surface area contributed by atoms with Gasteiger partial charge in [0.25, 0.3) is 0 Å². The fourth-order valence-corrected chi connectivity index (χ4v) is 2.65. The number of rotatable bonds is 6. The molecule has 2 heterocycles. The lowest BCUT2D eigenvalue weighted by molar-refractivity contribution is -0.121. The lowest BCUT2D eigenvalue weighted by Crippen LogP contribution is -2.37. The summed E-state index contributed by atoms with van der Waals surface area (Å²) in [5.74, 6) is 0.931. The van der Waals surface area contributed by atoms with E-state index in [2.05, 4.69) is 20.5 Å². The van der Waals surface area contributed by atoms with Crippen LogP contribution < -0.4 is 15.5 Å². The summed E-state index contributed by atoms with van der Waals surface area (Å²) in [6.45, 7) is 2.51. The molecule has 1 unspecified atom stereocenters. The van der Waals surface area contributed by atoms with Crippen LogP contribution >= 0.6 is 36.4 Å². The average molecular weight is 370 g/mol. The summed E-state index contributed by atoms with van der Waals surface area (Å²) >= 11 is 6.14. The van der Waals surface area contributed by atoms with Crippen molar-refractivity contribution in [3.8, 4) is 0 Å². The number of aromatic nitrogens is 1. The Morgan fingerprint density at radius 2 is 2.27 bits per heavy atom. The number of halogens is 3. The Morgan fingerprint density at radius 1 is 1.50 bits per heavy atom. The van der Waals surface area contributed by atoms with E-state index in [1.54, 1.807) is 6.20 Å². The summed E-state index contributed by atoms with van der Waals surface area (Å²) in [5, 5.41) is 6.78. The molecule has 22 heavy (non-hydrogen) atoms. The first-order valence-electron chi connectivity index (χ1n) is 7.00. The summed E-state index contributed by atoms with van der Waals surface area (Å²) in [7, 11) is 1.89. The molecule has 0 aliphatic carbocycles. The highest BCUT2D eigenvalue weighted by Gasteiger charge is 2.25. The molecule has 1 aromatic heterocycles. The summed E-state index contributed by atoms with van der Waals surface area (Å²) in [5.41, 5.74) is 0. The van der Waals surface area contributed by atoms with Crippen LogP contribution in [0, 0.1) is 0 Å². The van der Waals surface area contributed by atoms with Crippen molar-refractivity contribution in [3.63, 3.8) is 0 Å². The van der Waals surface area contributed by atoms with Crippen LogP contribution in [0.3, 0.4) is 0 Å². The third-order valence-corrected chi connectivity index (χ3v) is 3.72. The summed E-state index contributed by atoms with van der Waals surface area (Å²) < 4.78 is 0. The van der Waals surface area contributed by atoms with Crippen molar-refractivity contribution in [2.45, 2.75) is 25.3 Å². The number of amides is 1. The maximum absolute atomic E-state index is 11.8. The van der Waals surface area contributed by atoms with Gasteiger partial charge >= 0.3 is 0 Å². The highest BCUT2D eigenvalue weighted by atomic mass is 35.5. The second-order valence-corrected chi connectivity index (χ2v) is 5.42. The molecule has 0 spiro atoms. The summed E-state index contributed by atoms with van der Waals surface area (Å²) in [4.78, 5) is 18.2. The zero-order valence-electron chi connectivity index (χ0n) is 12.5. The van der Waals surface area contributed by atoms with Crippen LogP contribution in [-0.2, 0) is 4.79 Å². The van der Waals surface area contributed by atoms with E-state index in [0.717, 1.165) is 38.3 Å². The molecule has 1 saturated heterocycles. The first-order valence-corrected chi connectivity index (χ1v) is 7.38. The number of hydrogen-bond acceptors (Lipinski definition) is 4. The molecule has 1 aromatic rings. The van der Waals surface area contributed by atoms with Gasteiger partial charge < -0.3 is 15.5 Å². The molecule has 126 valence electrons. The molecule has 0 bridgehead atoms. The van der Waals surface area contributed by atoms with Crippen LogP contribution in [-0.4, -0.2) is 43.6 Å². The molecule has 1 aliphatic heterocycles. The SMILES string of the molecule is CNCCCC(=O)NC1CCN(c2ncccc2Cl)C1.Cl.Cl. The minimum Gasteiger partial charge on any atom is -0.353 e. The van der Waals surface area contributed by atoms with E-state index >= 15 is 0 Å². The Morgan fingerprint density at radius 3 is 2.95 bits per heavy atom. The van der Waals surface area contributed by atoms with Crippen LogP contribution in [0.15, 0.2) is 18.3 Å². The first kappa shape index (κ1) is 21.2. The molecule has 0 saturated carbocycles. The van der Waals surface area contributed by atoms with Crippen molar-refractivity contribution in [1.82, 2.24) is 15.6 Å². The Hall–Kier alpha value is -0.750. The van der Waals surface area contributed by atoms with Crippen molar-refractivity contribution in [1.29, 1.82) is 0 Å². The zero-order chi connectivity index (χ0) is 14.4. The fraction of sp³-hybridized carbons (Fsp3) is 0.571. The summed E-state index contributed by atoms with van der Waals surface area (Å²) in [6.07, 6.45) is 4.11. The molecular weight excluding hydrogens is 347 g/mol. The third-order valence-electron chi connectivity index (χ3n) is 3.42. The second kappa shape index (κ2) is 10.9. The number of carbonyl (C=O) groups is 1. The van der Waals surface area contributed by atoms with Gasteiger partial charge in [-0.1, -0.05) is 11.6 Å². The normalized spacial score (nSPS) is 16.6. The van der Waals surface area contributed by atoms with Gasteiger partial charge in [-0.2, -0.15) is 0 Å². The van der Waals surface area contributed by atoms with Gasteiger partial charge in [-0.05, 0) is 38.6 Å². The number of carbonyl (C=O) groups excluding carboxylic acids is 1. The van der Waals surface area contributed by atoms with Gasteiger partial charge in [0.15, 0.2) is 0 Å². The Bertz CT molecular complexity index is 461. The maximum atomic E-state index is 11.8. The Kier molecular flexibility index (Phi) is 10.5. The number of pyridine rings is 1. The molecule has 2 N–H and O–H groups in total. The van der Waals surface area contributed by atoms with E-state index in [-0.39, 0.29) is 36.8 Å². The molecule has 1 atom stereocenters. The maximum Gasteiger partial charge on any atom is 0.220 e. The van der Waals surface area contributed by atoms with Gasteiger partial charge in [-0.25, -0.2) is 4.98 Å². The van der Waals surface area contributed by atoms with E-state index in [1.807, 2.05) is 19.2 Å². The predicted molar refractivity (Wildman–Crippen MR) is 95.7 cm³/mol. The number of anilines is 1. The van der Waals surface area contributed by atoms with Gasteiger partial charge in [0, 0.05) is 31.7 Å². The van der Waals surface area contributed by atoms with Crippen LogP contribution in [0.2, 0.25) is 5.02 Å². The molecule has 1 amide bonds. The first-order chi connectivity index (χ1) is 9.70. The fourth-order valence-electron chi connectivity index (χ4n) is 2.41. The van der Waals surface area contributed by atoms with Crippen LogP contribution in [0.4, 0.5) is 5.82 Å². The molecule has 5 nitrogen and oxygen atoms in total. The van der Waals surface area contributed by atoms with E-state index in [9.17, 15) is 4.79 Å². The van der Waals surface area contributed by atoms with E-state index in [4.69, 9.17) is 11.6 Å². The van der Waals surface area contributed by atoms with Gasteiger partial charge in [0.1, 0.15) is 5.82 Å². The summed E-state index contributed by atoms with van der Waals surface area (Å²) in [6, 6.07) is 3.85. The lowest BCUT2D eigenvalue weighted by Gasteiger charge is -2.18. The topological polar surface area (TPSA) is 57.3 Å². The van der Waals surface area contributed by atoms with Gasteiger partial charge in [-0.15, -0.1) is 24.8 Å². The van der Waals surface area contributed by atoms with Crippen molar-refractivity contribution in [3.05, 3.63) is 23.4 Å². The zero-order valence-corrected chi connectivity index (χ0v) is 14.9. The van der Waals surface area contributed by atoms with Crippen LogP contribution in [0.5, 0.6) is 0 Å². The molecule has 8 heteroatoms. The molecule has 2 rings (SSSR count). The van der Waals surface area contributed by atoms with Crippen molar-refractivity contribution in [2.75, 3.05) is 31.6 Å². The highest BCUT2D eigenvalue weighted by molar-refractivity contribution is 6.32. The van der Waals surface area contributed by atoms with E-state index in [1.165, 1.54) is 0 Å². The van der Waals surface area contributed by atoms with E-state index < -0.39 is 0 Å². The predicted octanol–water partition coefficient (Wildman–Crippen LogP) is 2.27. The molecule has 0 radical (unpaired) electrons. The van der Waals surface area contributed by atoms with Gasteiger partial charge in [0.05, 0.1) is 5.02 Å². The van der Waals surface area contributed by atoms with Crippen molar-refractivity contribution < 1.29 is 4.79 Å². The van der Waals surface area contributed by atoms with Gasteiger partial charge in [0.2, 0.25) is 5.91 Å². The second-order valence-electron chi connectivity index (χ2n) is 5.02. The molecular formula is C14H23Cl3N4O. The Balaban J connectivity index is 0.00000220. The van der Waals surface area contributed by atoms with Crippen molar-refractivity contribution >= 4 is 48.1 Å². The standard InChI is InChI=1S/C14H21ClN4O.2ClH/c1-16-7-3-5-13(20)18-11-6-9-19(10-11)14-12(15)4-2-8-17-14;;/h2,4,8,11,16H,3,5-7,9-10H2,1H3,(H,18,20);2*1H. The van der Waals surface area contributed by atoms with Gasteiger partial charge in [-0.3, -0.25) is 4.79 Å². The largest absolute Gasteiger partial charge is 0.353 e. The minimum atomic E-state index is 0. The van der Waals surface area contributed by atoms with E-state index in [0.29, 0.717) is 11.4 Å². The monoisotopic (exact) mass is 368 g/mol. The molecule has 0 aromatic carbocycles. The Labute approximate surface area is 149 Å². The number of nitrogens with one attached hydrogen (secondary N) is 2. The average Bonchev–Trinajstić information content (AvgIpc) is 2.88. The minimum absolute atomic E-state index is 0. The smallest absolute Gasteiger partial charge is 0.220 e. The molecule has 1 aliphatic rings. The van der Waals surface area contributed by atoms with Crippen LogP contribution in [0.25, 0.3) is 0 Å². The van der Waals surface area contributed by atoms with Crippen molar-refractivity contribution in [2.24, 2.45) is 0 Å². The highest BCUT2D eigenvalue weighted by Crippen LogP contribution is 2.25. The molecule has 1 fully saturated rings. The third kappa shape index (κ3) is 6.16. The quantitative estimate of drug-likeness (QED) is 0.755. The number of hydrogen-bond donors (Lipinski definition) is 2. The number of nitrogens with zero attached hydrogens (tertiary/aromatic N) is 2. The lowest BCUT2D eigenvalue weighted by atomic mass is 10.2. The van der Waals surface area contributed by atoms with Crippen LogP contribution in [0.1, 0.15) is 19.3 Å².